The molecule has 1 aromatic rings. The lowest BCUT2D eigenvalue weighted by Crippen LogP contribution is -2.44. The van der Waals surface area contributed by atoms with Gasteiger partial charge < -0.3 is 10.4 Å². The fourth-order valence-electron chi connectivity index (χ4n) is 3.31. The molecule has 1 saturated heterocycles. The molecular weight excluding hydrogens is 323 g/mol. The number of aliphatic hydroxyl groups is 1. The van der Waals surface area contributed by atoms with E-state index in [1.54, 1.807) is 18.2 Å². The highest BCUT2D eigenvalue weighted by Gasteiger charge is 2.41. The molecule has 2 unspecified atom stereocenters. The maximum absolute atomic E-state index is 14.4. The maximum Gasteiger partial charge on any atom is 0.243 e. The van der Waals surface area contributed by atoms with Crippen molar-refractivity contribution in [1.29, 1.82) is 0 Å². The Hall–Kier alpha value is -2.05. The Morgan fingerprint density at radius 2 is 2.04 bits per heavy atom. The van der Waals surface area contributed by atoms with Crippen molar-refractivity contribution in [3.05, 3.63) is 47.3 Å². The summed E-state index contributed by atoms with van der Waals surface area (Å²) < 4.78 is 14.4. The summed E-state index contributed by atoms with van der Waals surface area (Å²) in [7, 11) is 1.52. The average molecular weight is 346 g/mol. The number of amides is 1. The van der Waals surface area contributed by atoms with Crippen molar-refractivity contribution >= 4 is 11.7 Å². The number of halogens is 1. The average Bonchev–Trinajstić information content (AvgIpc) is 3.44. The topological polar surface area (TPSA) is 69.6 Å². The number of aliphatic hydroxyl groups excluding tert-OH is 1. The predicted molar refractivity (Wildman–Crippen MR) is 91.2 cm³/mol. The summed E-state index contributed by atoms with van der Waals surface area (Å²) in [6, 6.07) is 5.67. The number of hydrogen-bond donors (Lipinski definition) is 2. The third-order valence-electron chi connectivity index (χ3n) is 4.88. The molecule has 1 aliphatic heterocycles. The second-order valence-electron chi connectivity index (χ2n) is 6.71. The Morgan fingerprint density at radius 1 is 1.32 bits per heavy atom. The van der Waals surface area contributed by atoms with Crippen molar-refractivity contribution in [2.45, 2.75) is 31.4 Å². The van der Waals surface area contributed by atoms with Gasteiger partial charge in [0, 0.05) is 37.7 Å². The van der Waals surface area contributed by atoms with E-state index in [0.717, 1.165) is 12.8 Å². The van der Waals surface area contributed by atoms with Crippen molar-refractivity contribution in [3.63, 3.8) is 0 Å². The van der Waals surface area contributed by atoms with E-state index in [4.69, 9.17) is 0 Å². The van der Waals surface area contributed by atoms with Crippen LogP contribution in [0.15, 0.2) is 35.9 Å². The predicted octanol–water partition coefficient (Wildman–Crippen LogP) is 1.58. The van der Waals surface area contributed by atoms with Gasteiger partial charge in [-0.2, -0.15) is 0 Å². The van der Waals surface area contributed by atoms with Crippen molar-refractivity contribution in [1.82, 2.24) is 10.2 Å². The van der Waals surface area contributed by atoms with Crippen LogP contribution in [-0.2, 0) is 9.59 Å². The number of carbonyl (C=O) groups excluding carboxylic acids is 2. The molecule has 1 heterocycles. The molecular formula is C19H23FN2O3. The van der Waals surface area contributed by atoms with Crippen molar-refractivity contribution < 1.29 is 19.1 Å². The molecule has 2 N–H and O–H groups in total. The highest BCUT2D eigenvalue weighted by Crippen LogP contribution is 2.39. The number of piperidine rings is 1. The molecule has 2 atom stereocenters. The summed E-state index contributed by atoms with van der Waals surface area (Å²) in [5, 5.41) is 12.7. The first-order valence-electron chi connectivity index (χ1n) is 8.63. The van der Waals surface area contributed by atoms with Crippen LogP contribution in [0.4, 0.5) is 4.39 Å². The summed E-state index contributed by atoms with van der Waals surface area (Å²) in [4.78, 5) is 26.4. The SMILES string of the molecule is CNC(=O)/C=C1/CN(C(C(=O)C2CC2)c2ccccc2F)CCC1O. The van der Waals surface area contributed by atoms with E-state index in [1.807, 2.05) is 4.90 Å². The molecule has 2 aliphatic rings. The number of carbonyl (C=O) groups is 2. The van der Waals surface area contributed by atoms with Crippen LogP contribution in [0.5, 0.6) is 0 Å². The van der Waals surface area contributed by atoms with Crippen molar-refractivity contribution in [2.24, 2.45) is 5.92 Å². The minimum absolute atomic E-state index is 0.0113. The number of likely N-dealkylation sites (N-methyl/N-ethyl adjacent to an activating group) is 1. The van der Waals surface area contributed by atoms with E-state index in [0.29, 0.717) is 24.1 Å². The molecule has 3 rings (SSSR count). The van der Waals surface area contributed by atoms with Gasteiger partial charge in [-0.05, 0) is 30.9 Å². The van der Waals surface area contributed by atoms with Crippen LogP contribution in [0.3, 0.4) is 0 Å². The number of benzene rings is 1. The Bertz CT molecular complexity index is 700. The van der Waals surface area contributed by atoms with Gasteiger partial charge in [-0.1, -0.05) is 18.2 Å². The molecule has 0 spiro atoms. The zero-order valence-corrected chi connectivity index (χ0v) is 14.2. The number of Topliss-reactive ketones (excluding diaryl/α,β-unsaturated/α-hetero) is 1. The largest absolute Gasteiger partial charge is 0.389 e. The van der Waals surface area contributed by atoms with Crippen molar-refractivity contribution in [3.8, 4) is 0 Å². The lowest BCUT2D eigenvalue weighted by molar-refractivity contribution is -0.126. The van der Waals surface area contributed by atoms with E-state index in [2.05, 4.69) is 5.32 Å². The molecule has 0 radical (unpaired) electrons. The molecule has 0 bridgehead atoms. The summed E-state index contributed by atoms with van der Waals surface area (Å²) in [6.45, 7) is 0.746. The third-order valence-corrected chi connectivity index (χ3v) is 4.88. The summed E-state index contributed by atoms with van der Waals surface area (Å²) in [5.74, 6) is -0.681. The van der Waals surface area contributed by atoms with Gasteiger partial charge in [0.1, 0.15) is 5.82 Å². The lowest BCUT2D eigenvalue weighted by atomic mass is 9.92. The van der Waals surface area contributed by atoms with Gasteiger partial charge in [0.25, 0.3) is 0 Å². The minimum Gasteiger partial charge on any atom is -0.389 e. The molecule has 1 saturated carbocycles. The number of likely N-dealkylation sites (tertiary alicyclic amines) is 1. The van der Waals surface area contributed by atoms with Crippen LogP contribution in [0.25, 0.3) is 0 Å². The van der Waals surface area contributed by atoms with Crippen LogP contribution < -0.4 is 5.32 Å². The third kappa shape index (κ3) is 3.96. The van der Waals surface area contributed by atoms with E-state index >= 15 is 0 Å². The zero-order chi connectivity index (χ0) is 18.0. The first-order chi connectivity index (χ1) is 12.0. The molecule has 5 nitrogen and oxygen atoms in total. The van der Waals surface area contributed by atoms with E-state index in [1.165, 1.54) is 19.2 Å². The number of ketones is 1. The van der Waals surface area contributed by atoms with E-state index < -0.39 is 18.0 Å². The standard InChI is InChI=1S/C19H23FN2O3/c1-21-17(24)10-13-11-22(9-8-16(13)23)18(19(25)12-6-7-12)14-4-2-3-5-15(14)20/h2-5,10,12,16,18,23H,6-9,11H2,1H3,(H,21,24)/b13-10-. The number of nitrogens with one attached hydrogen (secondary N) is 1. The Kier molecular flexibility index (Phi) is 5.30. The van der Waals surface area contributed by atoms with Crippen LogP contribution in [0, 0.1) is 11.7 Å². The van der Waals surface area contributed by atoms with Gasteiger partial charge in [-0.25, -0.2) is 4.39 Å². The van der Waals surface area contributed by atoms with Gasteiger partial charge in [0.2, 0.25) is 5.91 Å². The fourth-order valence-corrected chi connectivity index (χ4v) is 3.31. The molecule has 25 heavy (non-hydrogen) atoms. The number of nitrogens with zero attached hydrogens (tertiary/aromatic N) is 1. The van der Waals surface area contributed by atoms with E-state index in [9.17, 15) is 19.1 Å². The smallest absolute Gasteiger partial charge is 0.243 e. The van der Waals surface area contributed by atoms with Gasteiger partial charge in [-0.15, -0.1) is 0 Å². The highest BCUT2D eigenvalue weighted by atomic mass is 19.1. The summed E-state index contributed by atoms with van der Waals surface area (Å²) in [5.41, 5.74) is 0.922. The zero-order valence-electron chi connectivity index (χ0n) is 14.2. The van der Waals surface area contributed by atoms with Gasteiger partial charge in [0.05, 0.1) is 12.1 Å². The van der Waals surface area contributed by atoms with Gasteiger partial charge >= 0.3 is 0 Å². The van der Waals surface area contributed by atoms with Crippen LogP contribution in [0.2, 0.25) is 0 Å². The van der Waals surface area contributed by atoms with Crippen LogP contribution in [0.1, 0.15) is 30.9 Å². The molecule has 1 aliphatic carbocycles. The Balaban J connectivity index is 1.91. The molecule has 1 aromatic carbocycles. The summed E-state index contributed by atoms with van der Waals surface area (Å²) in [6.07, 6.45) is 2.76. The van der Waals surface area contributed by atoms with E-state index in [-0.39, 0.29) is 24.2 Å². The Morgan fingerprint density at radius 3 is 2.68 bits per heavy atom. The van der Waals surface area contributed by atoms with Crippen LogP contribution >= 0.6 is 0 Å². The number of hydrogen-bond acceptors (Lipinski definition) is 4. The molecule has 134 valence electrons. The monoisotopic (exact) mass is 346 g/mol. The first-order valence-corrected chi connectivity index (χ1v) is 8.63. The minimum atomic E-state index is -0.717. The summed E-state index contributed by atoms with van der Waals surface area (Å²) >= 11 is 0. The lowest BCUT2D eigenvalue weighted by Gasteiger charge is -2.37. The highest BCUT2D eigenvalue weighted by molar-refractivity contribution is 5.90. The molecule has 6 heteroatoms. The van der Waals surface area contributed by atoms with Crippen LogP contribution in [-0.4, -0.2) is 47.9 Å². The first kappa shape index (κ1) is 17.8. The second kappa shape index (κ2) is 7.45. The number of rotatable bonds is 5. The second-order valence-corrected chi connectivity index (χ2v) is 6.71. The Labute approximate surface area is 146 Å². The maximum atomic E-state index is 14.4. The normalized spacial score (nSPS) is 24.1. The van der Waals surface area contributed by atoms with Crippen molar-refractivity contribution in [2.75, 3.05) is 20.1 Å². The fraction of sp³-hybridized carbons (Fsp3) is 0.474. The molecule has 1 amide bonds. The quantitative estimate of drug-likeness (QED) is 0.795. The van der Waals surface area contributed by atoms with Gasteiger partial charge in [-0.3, -0.25) is 14.5 Å². The molecule has 0 aromatic heterocycles. The molecule has 2 fully saturated rings. The van der Waals surface area contributed by atoms with Gasteiger partial charge in [0.15, 0.2) is 5.78 Å².